The van der Waals surface area contributed by atoms with Crippen LogP contribution in [0.5, 0.6) is 11.5 Å². The fraction of sp³-hybridized carbons (Fsp3) is 0.429. The number of nitro groups is 1. The van der Waals surface area contributed by atoms with Gasteiger partial charge in [0.15, 0.2) is 0 Å². The Kier molecular flexibility index (Phi) is 4.33. The maximum atomic E-state index is 11.1. The highest BCUT2D eigenvalue weighted by Gasteiger charge is 2.34. The lowest BCUT2D eigenvalue weighted by Crippen LogP contribution is -2.17. The van der Waals surface area contributed by atoms with E-state index >= 15 is 0 Å². The van der Waals surface area contributed by atoms with Crippen molar-refractivity contribution in [3.05, 3.63) is 57.1 Å². The van der Waals surface area contributed by atoms with E-state index < -0.39 is 11.2 Å². The third-order valence-electron chi connectivity index (χ3n) is 4.79. The van der Waals surface area contributed by atoms with Crippen molar-refractivity contribution in [1.82, 2.24) is 0 Å². The summed E-state index contributed by atoms with van der Waals surface area (Å²) in [7, 11) is 0. The summed E-state index contributed by atoms with van der Waals surface area (Å²) >= 11 is 0. The summed E-state index contributed by atoms with van der Waals surface area (Å²) in [6.07, 6.45) is -0.684. The van der Waals surface area contributed by atoms with Crippen LogP contribution >= 0.6 is 0 Å². The molecule has 27 heavy (non-hydrogen) atoms. The minimum absolute atomic E-state index is 0.0392. The average molecular weight is 370 g/mol. The van der Waals surface area contributed by atoms with Crippen LogP contribution in [-0.2, 0) is 10.8 Å². The van der Waals surface area contributed by atoms with Gasteiger partial charge in [0.25, 0.3) is 5.69 Å². The molecule has 2 aromatic carbocycles. The third-order valence-corrected chi connectivity index (χ3v) is 4.79. The second-order valence-corrected chi connectivity index (χ2v) is 9.04. The van der Waals surface area contributed by atoms with Crippen molar-refractivity contribution in [3.63, 3.8) is 0 Å². The van der Waals surface area contributed by atoms with Gasteiger partial charge in [-0.15, -0.1) is 0 Å². The number of non-ortho nitro benzene ring substituents is 1. The first-order chi connectivity index (χ1) is 12.4. The number of nitrogens with zero attached hydrogens (tertiary/aromatic N) is 1. The molecule has 6 nitrogen and oxygen atoms in total. The Labute approximate surface area is 159 Å². The van der Waals surface area contributed by atoms with Crippen molar-refractivity contribution in [2.75, 3.05) is 5.32 Å². The minimum atomic E-state index is -0.684. The van der Waals surface area contributed by atoms with Gasteiger partial charge in [-0.2, -0.15) is 0 Å². The fourth-order valence-electron chi connectivity index (χ4n) is 3.15. The summed E-state index contributed by atoms with van der Waals surface area (Å²) in [5, 5.41) is 24.6. The molecule has 0 saturated heterocycles. The van der Waals surface area contributed by atoms with Crippen LogP contribution in [-0.4, -0.2) is 10.0 Å². The molecular formula is C21H26N2O4. The lowest BCUT2D eigenvalue weighted by Gasteiger charge is -2.26. The molecule has 0 spiro atoms. The molecule has 0 fully saturated rings. The highest BCUT2D eigenvalue weighted by atomic mass is 16.6. The summed E-state index contributed by atoms with van der Waals surface area (Å²) in [6.45, 7) is 12.8. The second-order valence-electron chi connectivity index (χ2n) is 9.04. The molecule has 1 aliphatic rings. The number of anilines is 1. The largest absolute Gasteiger partial charge is 0.507 e. The summed E-state index contributed by atoms with van der Waals surface area (Å²) < 4.78 is 6.14. The molecule has 0 unspecified atom stereocenters. The van der Waals surface area contributed by atoms with Gasteiger partial charge in [-0.25, -0.2) is 0 Å². The minimum Gasteiger partial charge on any atom is -0.507 e. The summed E-state index contributed by atoms with van der Waals surface area (Å²) in [5.74, 6) is 0.686. The van der Waals surface area contributed by atoms with E-state index in [2.05, 4.69) is 59.0 Å². The first-order valence-corrected chi connectivity index (χ1v) is 8.97. The molecule has 1 aliphatic heterocycles. The number of nitro benzene ring substituents is 1. The molecule has 3 rings (SSSR count). The molecular weight excluding hydrogens is 344 g/mol. The lowest BCUT2D eigenvalue weighted by atomic mass is 9.80. The second kappa shape index (κ2) is 6.15. The van der Waals surface area contributed by atoms with Crippen LogP contribution in [0.25, 0.3) is 0 Å². The van der Waals surface area contributed by atoms with Gasteiger partial charge in [0.2, 0.25) is 6.23 Å². The topological polar surface area (TPSA) is 84.6 Å². The smallest absolute Gasteiger partial charge is 0.270 e. The van der Waals surface area contributed by atoms with Crippen LogP contribution in [0.1, 0.15) is 64.5 Å². The molecule has 0 radical (unpaired) electrons. The van der Waals surface area contributed by atoms with Crippen molar-refractivity contribution in [3.8, 4) is 11.5 Å². The van der Waals surface area contributed by atoms with Gasteiger partial charge in [-0.3, -0.25) is 10.1 Å². The van der Waals surface area contributed by atoms with Gasteiger partial charge in [0.1, 0.15) is 11.5 Å². The van der Waals surface area contributed by atoms with Crippen LogP contribution in [0, 0.1) is 10.1 Å². The molecule has 0 saturated carbocycles. The van der Waals surface area contributed by atoms with Crippen LogP contribution in [0.4, 0.5) is 11.4 Å². The van der Waals surface area contributed by atoms with E-state index in [-0.39, 0.29) is 22.3 Å². The van der Waals surface area contributed by atoms with Gasteiger partial charge in [0, 0.05) is 17.7 Å². The van der Waals surface area contributed by atoms with Crippen LogP contribution in [0.3, 0.4) is 0 Å². The Balaban J connectivity index is 2.09. The van der Waals surface area contributed by atoms with E-state index in [4.69, 9.17) is 4.74 Å². The van der Waals surface area contributed by atoms with Crippen molar-refractivity contribution >= 4 is 11.4 Å². The molecule has 0 aliphatic carbocycles. The number of phenols is 1. The highest BCUT2D eigenvalue weighted by molar-refractivity contribution is 5.68. The zero-order valence-corrected chi connectivity index (χ0v) is 16.6. The number of phenolic OH excluding ortho intramolecular Hbond substituents is 1. The van der Waals surface area contributed by atoms with Crippen molar-refractivity contribution in [2.45, 2.75) is 58.6 Å². The van der Waals surface area contributed by atoms with Gasteiger partial charge in [-0.05, 0) is 28.5 Å². The monoisotopic (exact) mass is 370 g/mol. The molecule has 1 atom stereocenters. The van der Waals surface area contributed by atoms with Gasteiger partial charge in [-0.1, -0.05) is 47.6 Å². The summed E-state index contributed by atoms with van der Waals surface area (Å²) in [5.41, 5.74) is 3.14. The number of fused-ring (bicyclic) bond motifs is 1. The molecule has 144 valence electrons. The van der Waals surface area contributed by atoms with E-state index in [1.54, 1.807) is 0 Å². The molecule has 0 bridgehead atoms. The number of benzene rings is 2. The Bertz CT molecular complexity index is 908. The summed E-state index contributed by atoms with van der Waals surface area (Å²) in [4.78, 5) is 10.6. The zero-order valence-electron chi connectivity index (χ0n) is 16.6. The van der Waals surface area contributed by atoms with Crippen molar-refractivity contribution < 1.29 is 14.8 Å². The normalized spacial score (nSPS) is 16.4. The van der Waals surface area contributed by atoms with Crippen LogP contribution in [0.15, 0.2) is 30.3 Å². The number of rotatable bonds is 2. The summed E-state index contributed by atoms with van der Waals surface area (Å²) in [6, 6.07) is 8.17. The Hall–Kier alpha value is -2.76. The van der Waals surface area contributed by atoms with Crippen molar-refractivity contribution in [2.24, 2.45) is 0 Å². The first-order valence-electron chi connectivity index (χ1n) is 8.97. The standard InChI is InChI=1S/C21H26N2O4/c1-20(2,3)12-9-15(21(4,5)6)18-16(10-12)22-19(27-18)14-11-13(23(25)26)7-8-17(14)24/h7-11,19,22,24H,1-6H3/t19-/m1/s1. The van der Waals surface area contributed by atoms with E-state index in [0.29, 0.717) is 5.56 Å². The molecule has 0 aromatic heterocycles. The van der Waals surface area contributed by atoms with Gasteiger partial charge < -0.3 is 15.2 Å². The van der Waals surface area contributed by atoms with E-state index in [1.165, 1.54) is 23.8 Å². The van der Waals surface area contributed by atoms with Crippen LogP contribution < -0.4 is 10.1 Å². The number of ether oxygens (including phenoxy) is 1. The number of hydrogen-bond acceptors (Lipinski definition) is 5. The lowest BCUT2D eigenvalue weighted by molar-refractivity contribution is -0.385. The maximum Gasteiger partial charge on any atom is 0.270 e. The molecule has 6 heteroatoms. The van der Waals surface area contributed by atoms with E-state index in [0.717, 1.165) is 17.0 Å². The van der Waals surface area contributed by atoms with Gasteiger partial charge >= 0.3 is 0 Å². The van der Waals surface area contributed by atoms with Crippen LogP contribution in [0.2, 0.25) is 0 Å². The highest BCUT2D eigenvalue weighted by Crippen LogP contribution is 2.48. The Morgan fingerprint density at radius 1 is 1.07 bits per heavy atom. The Morgan fingerprint density at radius 2 is 1.74 bits per heavy atom. The molecule has 1 heterocycles. The zero-order chi connectivity index (χ0) is 20.1. The number of aromatic hydroxyl groups is 1. The number of hydrogen-bond donors (Lipinski definition) is 2. The van der Waals surface area contributed by atoms with Crippen molar-refractivity contribution in [1.29, 1.82) is 0 Å². The molecule has 2 N–H and O–H groups in total. The Morgan fingerprint density at radius 3 is 2.30 bits per heavy atom. The SMILES string of the molecule is CC(C)(C)c1cc2c(c(C(C)(C)C)c1)O[C@H](c1cc([N+](=O)[O-])ccc1O)N2. The third kappa shape index (κ3) is 3.56. The average Bonchev–Trinajstić information content (AvgIpc) is 2.95. The van der Waals surface area contributed by atoms with E-state index in [1.807, 2.05) is 0 Å². The number of nitrogens with one attached hydrogen (secondary N) is 1. The molecule has 0 amide bonds. The maximum absolute atomic E-state index is 11.1. The van der Waals surface area contributed by atoms with E-state index in [9.17, 15) is 15.2 Å². The quantitative estimate of drug-likeness (QED) is 0.546. The predicted octanol–water partition coefficient (Wildman–Crippen LogP) is 5.40. The molecule has 2 aromatic rings. The predicted molar refractivity (Wildman–Crippen MR) is 106 cm³/mol. The fourth-order valence-corrected chi connectivity index (χ4v) is 3.15. The van der Waals surface area contributed by atoms with Gasteiger partial charge in [0.05, 0.1) is 16.2 Å². The first kappa shape index (κ1) is 19.0.